The van der Waals surface area contributed by atoms with E-state index in [2.05, 4.69) is 15.5 Å². The Morgan fingerprint density at radius 2 is 2.20 bits per heavy atom. The van der Waals surface area contributed by atoms with E-state index in [1.54, 1.807) is 23.5 Å². The molecule has 1 heterocycles. The minimum absolute atomic E-state index is 0.281. The third-order valence-electron chi connectivity index (χ3n) is 3.20. The van der Waals surface area contributed by atoms with Crippen LogP contribution in [0.1, 0.15) is 29.0 Å². The monoisotopic (exact) mass is 309 g/mol. The van der Waals surface area contributed by atoms with Crippen LogP contribution in [0.15, 0.2) is 23.3 Å². The first-order chi connectivity index (χ1) is 9.74. The van der Waals surface area contributed by atoms with Crippen LogP contribution in [0.2, 0.25) is 5.02 Å². The second kappa shape index (κ2) is 5.89. The van der Waals surface area contributed by atoms with Gasteiger partial charge in [-0.15, -0.1) is 11.3 Å². The summed E-state index contributed by atoms with van der Waals surface area (Å²) >= 11 is 7.54. The highest BCUT2D eigenvalue weighted by molar-refractivity contribution is 7.15. The van der Waals surface area contributed by atoms with Crippen molar-refractivity contribution < 1.29 is 4.39 Å². The van der Waals surface area contributed by atoms with Gasteiger partial charge in [0.05, 0.1) is 16.9 Å². The Bertz CT molecular complexity index is 610. The van der Waals surface area contributed by atoms with E-state index in [0.717, 1.165) is 18.0 Å². The summed E-state index contributed by atoms with van der Waals surface area (Å²) in [5.74, 6) is -0.388. The number of aromatic nitrogens is 1. The standard InChI is InChI=1S/C14H13ClFN3S/c15-10-4-3-5-11(16)9(10)8-17-19-14-18-12-6-1-2-7-13(12)20-14/h3-5,8H,1-2,6-7H2,(H,18,19)/b17-8-. The molecular formula is C14H13ClFN3S. The number of nitrogens with one attached hydrogen (secondary N) is 1. The summed E-state index contributed by atoms with van der Waals surface area (Å²) in [6.07, 6.45) is 5.94. The van der Waals surface area contributed by atoms with Gasteiger partial charge in [0.2, 0.25) is 5.13 Å². The lowest BCUT2D eigenvalue weighted by Crippen LogP contribution is -1.99. The van der Waals surface area contributed by atoms with E-state index in [9.17, 15) is 4.39 Å². The van der Waals surface area contributed by atoms with Gasteiger partial charge < -0.3 is 0 Å². The second-order valence-corrected chi connectivity index (χ2v) is 6.09. The number of hydrogen-bond donors (Lipinski definition) is 1. The molecule has 0 atom stereocenters. The zero-order valence-corrected chi connectivity index (χ0v) is 12.3. The molecule has 104 valence electrons. The molecule has 0 spiro atoms. The number of hydrogen-bond acceptors (Lipinski definition) is 4. The Morgan fingerprint density at radius 3 is 3.00 bits per heavy atom. The van der Waals surface area contributed by atoms with Crippen molar-refractivity contribution in [2.24, 2.45) is 5.10 Å². The van der Waals surface area contributed by atoms with Crippen molar-refractivity contribution in [3.05, 3.63) is 45.2 Å². The number of rotatable bonds is 3. The molecule has 1 aliphatic carbocycles. The first-order valence-corrected chi connectivity index (χ1v) is 7.65. The van der Waals surface area contributed by atoms with Gasteiger partial charge in [-0.2, -0.15) is 5.10 Å². The lowest BCUT2D eigenvalue weighted by molar-refractivity contribution is 0.626. The number of anilines is 1. The van der Waals surface area contributed by atoms with Crippen LogP contribution in [-0.4, -0.2) is 11.2 Å². The largest absolute Gasteiger partial charge is 0.253 e. The van der Waals surface area contributed by atoms with Gasteiger partial charge in [0.15, 0.2) is 0 Å². The van der Waals surface area contributed by atoms with Crippen LogP contribution in [0.4, 0.5) is 9.52 Å². The fourth-order valence-corrected chi connectivity index (χ4v) is 3.40. The number of fused-ring (bicyclic) bond motifs is 1. The van der Waals surface area contributed by atoms with E-state index in [0.29, 0.717) is 5.02 Å². The van der Waals surface area contributed by atoms with Crippen LogP contribution < -0.4 is 5.43 Å². The topological polar surface area (TPSA) is 37.3 Å². The predicted octanol–water partition coefficient (Wildman–Crippen LogP) is 4.26. The van der Waals surface area contributed by atoms with Crippen molar-refractivity contribution in [3.8, 4) is 0 Å². The van der Waals surface area contributed by atoms with Gasteiger partial charge in [0, 0.05) is 10.4 Å². The van der Waals surface area contributed by atoms with Crippen molar-refractivity contribution in [1.82, 2.24) is 4.98 Å². The number of halogens is 2. The van der Waals surface area contributed by atoms with E-state index in [1.807, 2.05) is 0 Å². The maximum Gasteiger partial charge on any atom is 0.203 e. The first-order valence-electron chi connectivity index (χ1n) is 6.46. The molecule has 0 unspecified atom stereocenters. The van der Waals surface area contributed by atoms with Gasteiger partial charge in [-0.3, -0.25) is 5.43 Å². The molecule has 3 rings (SSSR count). The maximum absolute atomic E-state index is 13.5. The van der Waals surface area contributed by atoms with Crippen LogP contribution in [0.3, 0.4) is 0 Å². The summed E-state index contributed by atoms with van der Waals surface area (Å²) in [4.78, 5) is 5.83. The SMILES string of the molecule is Fc1cccc(Cl)c1/C=N\Nc1nc2c(s1)CCCC2. The molecule has 0 aliphatic heterocycles. The highest BCUT2D eigenvalue weighted by Gasteiger charge is 2.14. The zero-order chi connectivity index (χ0) is 13.9. The normalized spacial score (nSPS) is 14.5. The fourth-order valence-electron chi connectivity index (χ4n) is 2.19. The lowest BCUT2D eigenvalue weighted by atomic mass is 10.0. The van der Waals surface area contributed by atoms with Crippen molar-refractivity contribution in [1.29, 1.82) is 0 Å². The molecule has 6 heteroatoms. The Kier molecular flexibility index (Phi) is 3.98. The third kappa shape index (κ3) is 2.83. The Balaban J connectivity index is 1.73. The molecule has 1 aliphatic rings. The number of hydrazone groups is 1. The number of aryl methyl sites for hydroxylation is 2. The number of thiazole rings is 1. The van der Waals surface area contributed by atoms with E-state index in [1.165, 1.54) is 35.7 Å². The molecule has 3 nitrogen and oxygen atoms in total. The molecule has 0 bridgehead atoms. The van der Waals surface area contributed by atoms with E-state index < -0.39 is 0 Å². The summed E-state index contributed by atoms with van der Waals surface area (Å²) in [5.41, 5.74) is 4.31. The molecule has 2 aromatic rings. The van der Waals surface area contributed by atoms with Crippen LogP contribution >= 0.6 is 22.9 Å². The minimum Gasteiger partial charge on any atom is -0.253 e. The Morgan fingerprint density at radius 1 is 1.35 bits per heavy atom. The van der Waals surface area contributed by atoms with E-state index >= 15 is 0 Å². The molecule has 0 radical (unpaired) electrons. The maximum atomic E-state index is 13.5. The smallest absolute Gasteiger partial charge is 0.203 e. The quantitative estimate of drug-likeness (QED) is 0.679. The van der Waals surface area contributed by atoms with Crippen molar-refractivity contribution in [3.63, 3.8) is 0 Å². The van der Waals surface area contributed by atoms with Crippen LogP contribution in [-0.2, 0) is 12.8 Å². The fraction of sp³-hybridized carbons (Fsp3) is 0.286. The predicted molar refractivity (Wildman–Crippen MR) is 81.4 cm³/mol. The summed E-state index contributed by atoms with van der Waals surface area (Å²) in [7, 11) is 0. The van der Waals surface area contributed by atoms with Crippen molar-refractivity contribution in [2.75, 3.05) is 5.43 Å². The molecule has 1 aromatic heterocycles. The number of benzene rings is 1. The Labute approximate surface area is 125 Å². The van der Waals surface area contributed by atoms with Crippen molar-refractivity contribution in [2.45, 2.75) is 25.7 Å². The van der Waals surface area contributed by atoms with E-state index in [4.69, 9.17) is 11.6 Å². The summed E-state index contributed by atoms with van der Waals surface area (Å²) in [5, 5.41) is 5.12. The van der Waals surface area contributed by atoms with E-state index in [-0.39, 0.29) is 11.4 Å². The lowest BCUT2D eigenvalue weighted by Gasteiger charge is -2.06. The summed E-state index contributed by atoms with van der Waals surface area (Å²) in [6, 6.07) is 4.56. The van der Waals surface area contributed by atoms with Gasteiger partial charge in [-0.1, -0.05) is 17.7 Å². The van der Waals surface area contributed by atoms with Crippen LogP contribution in [0, 0.1) is 5.82 Å². The molecule has 0 amide bonds. The first kappa shape index (κ1) is 13.5. The Hall–Kier alpha value is -1.46. The summed E-state index contributed by atoms with van der Waals surface area (Å²) in [6.45, 7) is 0. The minimum atomic E-state index is -0.388. The second-order valence-electron chi connectivity index (χ2n) is 4.60. The van der Waals surface area contributed by atoms with Gasteiger partial charge in [0.1, 0.15) is 5.82 Å². The molecule has 0 fully saturated rings. The molecule has 0 saturated heterocycles. The third-order valence-corrected chi connectivity index (χ3v) is 4.59. The van der Waals surface area contributed by atoms with Crippen LogP contribution in [0.25, 0.3) is 0 Å². The summed E-state index contributed by atoms with van der Waals surface area (Å²) < 4.78 is 13.5. The van der Waals surface area contributed by atoms with Crippen molar-refractivity contribution >= 4 is 34.3 Å². The highest BCUT2D eigenvalue weighted by Crippen LogP contribution is 2.29. The average Bonchev–Trinajstić information content (AvgIpc) is 2.84. The van der Waals surface area contributed by atoms with Gasteiger partial charge in [-0.05, 0) is 37.8 Å². The zero-order valence-electron chi connectivity index (χ0n) is 10.7. The number of nitrogens with zero attached hydrogens (tertiary/aromatic N) is 2. The highest BCUT2D eigenvalue weighted by atomic mass is 35.5. The molecule has 1 N–H and O–H groups in total. The molecular weight excluding hydrogens is 297 g/mol. The van der Waals surface area contributed by atoms with Gasteiger partial charge in [0.25, 0.3) is 0 Å². The molecule has 0 saturated carbocycles. The molecule has 20 heavy (non-hydrogen) atoms. The molecule has 1 aromatic carbocycles. The van der Waals surface area contributed by atoms with Crippen LogP contribution in [0.5, 0.6) is 0 Å². The average molecular weight is 310 g/mol. The van der Waals surface area contributed by atoms with Gasteiger partial charge in [-0.25, -0.2) is 9.37 Å². The van der Waals surface area contributed by atoms with Gasteiger partial charge >= 0.3 is 0 Å².